The van der Waals surface area contributed by atoms with Gasteiger partial charge < -0.3 is 19.8 Å². The Kier molecular flexibility index (Phi) is 9.03. The zero-order valence-electron chi connectivity index (χ0n) is 16.1. The molecule has 1 heterocycles. The van der Waals surface area contributed by atoms with Gasteiger partial charge in [0.05, 0.1) is 25.4 Å². The lowest BCUT2D eigenvalue weighted by atomic mass is 10.1. The molecule has 0 aromatic heterocycles. The zero-order chi connectivity index (χ0) is 21.4. The summed E-state index contributed by atoms with van der Waals surface area (Å²) in [6.07, 6.45) is 0.792. The van der Waals surface area contributed by atoms with Gasteiger partial charge in [-0.2, -0.15) is 0 Å². The van der Waals surface area contributed by atoms with E-state index in [4.69, 9.17) is 9.84 Å². The van der Waals surface area contributed by atoms with Gasteiger partial charge in [0.25, 0.3) is 0 Å². The average Bonchev–Trinajstić information content (AvgIpc) is 2.79. The van der Waals surface area contributed by atoms with E-state index in [1.165, 1.54) is 12.1 Å². The van der Waals surface area contributed by atoms with E-state index in [0.29, 0.717) is 12.0 Å². The molecule has 2 aromatic carbocycles. The summed E-state index contributed by atoms with van der Waals surface area (Å²) in [7, 11) is 1.97. The Morgan fingerprint density at radius 2 is 1.45 bits per heavy atom. The average molecular weight is 415 g/mol. The maximum Gasteiger partial charge on any atom is 0.126 e. The number of nitrogens with zero attached hydrogens (tertiary/aromatic N) is 1. The summed E-state index contributed by atoms with van der Waals surface area (Å²) < 4.78 is 56.3. The summed E-state index contributed by atoms with van der Waals surface area (Å²) in [5.41, 5.74) is 0.719. The van der Waals surface area contributed by atoms with Crippen molar-refractivity contribution in [3.63, 3.8) is 0 Å². The van der Waals surface area contributed by atoms with Gasteiger partial charge in [-0.15, -0.1) is 0 Å². The van der Waals surface area contributed by atoms with Crippen molar-refractivity contribution in [3.8, 4) is 0 Å². The lowest BCUT2D eigenvalue weighted by Crippen LogP contribution is -2.29. The molecule has 1 saturated heterocycles. The molecule has 0 amide bonds. The Balaban J connectivity index is 0.000000253. The molecule has 2 unspecified atom stereocenters. The molecule has 0 radical (unpaired) electrons. The van der Waals surface area contributed by atoms with Crippen molar-refractivity contribution in [2.75, 3.05) is 20.1 Å². The van der Waals surface area contributed by atoms with E-state index in [1.807, 2.05) is 7.05 Å². The Labute approximate surface area is 167 Å². The number of halogens is 4. The summed E-state index contributed by atoms with van der Waals surface area (Å²) in [4.78, 5) is 2.09. The predicted molar refractivity (Wildman–Crippen MR) is 100.0 cm³/mol. The first-order valence-electron chi connectivity index (χ1n) is 9.24. The SMILES string of the molecule is CN1CCC(O)CC(OCc2cc(F)cc(F)c2)C1.OCc1cc(F)cc(F)c1. The summed E-state index contributed by atoms with van der Waals surface area (Å²) in [6, 6.07) is 6.30. The zero-order valence-corrected chi connectivity index (χ0v) is 16.1. The standard InChI is InChI=1S/C14H19F2NO2.C7H6F2O/c1-17-3-2-13(18)7-14(8-17)19-9-10-4-11(15)6-12(16)5-10;8-6-1-5(4-10)2-7(9)3-6/h4-6,13-14,18H,2-3,7-9H2,1H3;1-3,10H,4H2. The highest BCUT2D eigenvalue weighted by atomic mass is 19.1. The number of benzene rings is 2. The molecule has 2 atom stereocenters. The van der Waals surface area contributed by atoms with E-state index in [2.05, 4.69) is 4.90 Å². The van der Waals surface area contributed by atoms with Gasteiger partial charge >= 0.3 is 0 Å². The summed E-state index contributed by atoms with van der Waals surface area (Å²) in [6.45, 7) is 1.36. The predicted octanol–water partition coefficient (Wildman–Crippen LogP) is 3.39. The third kappa shape index (κ3) is 8.49. The van der Waals surface area contributed by atoms with Gasteiger partial charge in [-0.05, 0) is 48.9 Å². The molecule has 1 aliphatic rings. The van der Waals surface area contributed by atoms with E-state index in [0.717, 1.165) is 43.8 Å². The van der Waals surface area contributed by atoms with Gasteiger partial charge in [0, 0.05) is 31.6 Å². The summed E-state index contributed by atoms with van der Waals surface area (Å²) >= 11 is 0. The van der Waals surface area contributed by atoms with Gasteiger partial charge in [0.1, 0.15) is 23.3 Å². The maximum atomic E-state index is 13.0. The molecule has 2 N–H and O–H groups in total. The van der Waals surface area contributed by atoms with Crippen LogP contribution in [-0.4, -0.2) is 47.5 Å². The van der Waals surface area contributed by atoms with Gasteiger partial charge in [0.2, 0.25) is 0 Å². The molecule has 0 aliphatic carbocycles. The summed E-state index contributed by atoms with van der Waals surface area (Å²) in [5, 5.41) is 18.2. The Morgan fingerprint density at radius 3 is 1.97 bits per heavy atom. The van der Waals surface area contributed by atoms with Crippen LogP contribution < -0.4 is 0 Å². The van der Waals surface area contributed by atoms with Crippen molar-refractivity contribution in [1.82, 2.24) is 4.90 Å². The van der Waals surface area contributed by atoms with Crippen LogP contribution in [0.5, 0.6) is 0 Å². The quantitative estimate of drug-likeness (QED) is 0.752. The number of likely N-dealkylation sites (N-methyl/N-ethyl adjacent to an activating group) is 1. The van der Waals surface area contributed by atoms with Crippen LogP contribution in [0, 0.1) is 23.3 Å². The van der Waals surface area contributed by atoms with Gasteiger partial charge in [-0.3, -0.25) is 0 Å². The molecule has 1 fully saturated rings. The molecule has 0 bridgehead atoms. The van der Waals surface area contributed by atoms with Gasteiger partial charge in [-0.1, -0.05) is 0 Å². The minimum atomic E-state index is -0.663. The monoisotopic (exact) mass is 415 g/mol. The van der Waals surface area contributed by atoms with Crippen LogP contribution in [0.2, 0.25) is 0 Å². The molecule has 0 saturated carbocycles. The lowest BCUT2D eigenvalue weighted by Gasteiger charge is -2.20. The fourth-order valence-corrected chi connectivity index (χ4v) is 3.04. The number of aliphatic hydroxyl groups excluding tert-OH is 2. The molecule has 8 heteroatoms. The van der Waals surface area contributed by atoms with Crippen LogP contribution in [0.15, 0.2) is 36.4 Å². The Bertz CT molecular complexity index is 738. The molecule has 160 valence electrons. The van der Waals surface area contributed by atoms with Crippen molar-refractivity contribution in [3.05, 3.63) is 70.8 Å². The van der Waals surface area contributed by atoms with Crippen LogP contribution in [0.1, 0.15) is 24.0 Å². The number of ether oxygens (including phenoxy) is 1. The first-order chi connectivity index (χ1) is 13.7. The number of hydrogen-bond donors (Lipinski definition) is 2. The maximum absolute atomic E-state index is 13.0. The molecule has 29 heavy (non-hydrogen) atoms. The first kappa shape index (κ1) is 23.3. The number of hydrogen-bond acceptors (Lipinski definition) is 4. The summed E-state index contributed by atoms with van der Waals surface area (Å²) in [5.74, 6) is -2.53. The topological polar surface area (TPSA) is 52.9 Å². The third-order valence-corrected chi connectivity index (χ3v) is 4.41. The van der Waals surface area contributed by atoms with Crippen molar-refractivity contribution >= 4 is 0 Å². The highest BCUT2D eigenvalue weighted by molar-refractivity contribution is 5.17. The van der Waals surface area contributed by atoms with E-state index in [1.54, 1.807) is 0 Å². The number of rotatable bonds is 4. The van der Waals surface area contributed by atoms with E-state index < -0.39 is 23.3 Å². The third-order valence-electron chi connectivity index (χ3n) is 4.41. The smallest absolute Gasteiger partial charge is 0.126 e. The first-order valence-corrected chi connectivity index (χ1v) is 9.24. The molecule has 3 rings (SSSR count). The largest absolute Gasteiger partial charge is 0.393 e. The molecule has 0 spiro atoms. The molecular weight excluding hydrogens is 390 g/mol. The van der Waals surface area contributed by atoms with Crippen LogP contribution in [-0.2, 0) is 18.0 Å². The van der Waals surface area contributed by atoms with Crippen molar-refractivity contribution in [2.45, 2.75) is 38.3 Å². The van der Waals surface area contributed by atoms with Crippen molar-refractivity contribution in [1.29, 1.82) is 0 Å². The molecule has 1 aliphatic heterocycles. The van der Waals surface area contributed by atoms with Crippen molar-refractivity contribution < 1.29 is 32.5 Å². The Morgan fingerprint density at radius 1 is 0.931 bits per heavy atom. The second-order valence-electron chi connectivity index (χ2n) is 7.09. The molecule has 4 nitrogen and oxygen atoms in total. The fraction of sp³-hybridized carbons (Fsp3) is 0.429. The molecule has 2 aromatic rings. The van der Waals surface area contributed by atoms with Crippen LogP contribution >= 0.6 is 0 Å². The second kappa shape index (κ2) is 11.3. The van der Waals surface area contributed by atoms with Crippen LogP contribution in [0.4, 0.5) is 17.6 Å². The van der Waals surface area contributed by atoms with E-state index in [-0.39, 0.29) is 31.0 Å². The van der Waals surface area contributed by atoms with Crippen LogP contribution in [0.3, 0.4) is 0 Å². The minimum Gasteiger partial charge on any atom is -0.393 e. The number of aliphatic hydroxyl groups is 2. The second-order valence-corrected chi connectivity index (χ2v) is 7.09. The minimum absolute atomic E-state index is 0.117. The van der Waals surface area contributed by atoms with Gasteiger partial charge in [-0.25, -0.2) is 17.6 Å². The normalized spacial score (nSPS) is 20.0. The van der Waals surface area contributed by atoms with Crippen molar-refractivity contribution in [2.24, 2.45) is 0 Å². The van der Waals surface area contributed by atoms with E-state index in [9.17, 15) is 22.7 Å². The highest BCUT2D eigenvalue weighted by Gasteiger charge is 2.21. The molecular formula is C21H25F4NO3. The Hall–Kier alpha value is -2.00. The highest BCUT2D eigenvalue weighted by Crippen LogP contribution is 2.16. The van der Waals surface area contributed by atoms with Gasteiger partial charge in [0.15, 0.2) is 0 Å². The fourth-order valence-electron chi connectivity index (χ4n) is 3.04. The lowest BCUT2D eigenvalue weighted by molar-refractivity contribution is 0.00314. The van der Waals surface area contributed by atoms with E-state index >= 15 is 0 Å². The number of likely N-dealkylation sites (tertiary alicyclic amines) is 1. The van der Waals surface area contributed by atoms with Crippen LogP contribution in [0.25, 0.3) is 0 Å².